The Morgan fingerprint density at radius 3 is 2.65 bits per heavy atom. The van der Waals surface area contributed by atoms with Crippen LogP contribution in [0.5, 0.6) is 5.75 Å². The molecule has 0 spiro atoms. The molecule has 1 aliphatic carbocycles. The van der Waals surface area contributed by atoms with E-state index in [2.05, 4.69) is 17.0 Å². The molecule has 0 amide bonds. The van der Waals surface area contributed by atoms with Crippen molar-refractivity contribution < 1.29 is 17.9 Å². The van der Waals surface area contributed by atoms with Crippen molar-refractivity contribution in [3.8, 4) is 5.75 Å². The smallest absolute Gasteiger partial charge is 0.387 e. The summed E-state index contributed by atoms with van der Waals surface area (Å²) in [6.45, 7) is -0.220. The Hall–Kier alpha value is -1.59. The minimum atomic E-state index is -3.06. The third-order valence-electron chi connectivity index (χ3n) is 3.71. The SMILES string of the molecule is CCCC1(CNc2cc(OC(F)F)c(F)cc2N)CC1. The lowest BCUT2D eigenvalue weighted by Gasteiger charge is -2.18. The van der Waals surface area contributed by atoms with Gasteiger partial charge in [-0.3, -0.25) is 0 Å². The van der Waals surface area contributed by atoms with Crippen LogP contribution in [0.15, 0.2) is 12.1 Å². The van der Waals surface area contributed by atoms with Crippen molar-refractivity contribution in [1.29, 1.82) is 0 Å². The first-order valence-electron chi connectivity index (χ1n) is 6.73. The molecule has 112 valence electrons. The van der Waals surface area contributed by atoms with E-state index in [1.807, 2.05) is 0 Å². The van der Waals surface area contributed by atoms with Gasteiger partial charge in [-0.05, 0) is 24.7 Å². The zero-order valence-electron chi connectivity index (χ0n) is 11.4. The van der Waals surface area contributed by atoms with Crippen molar-refractivity contribution in [3.63, 3.8) is 0 Å². The van der Waals surface area contributed by atoms with Gasteiger partial charge in [-0.2, -0.15) is 8.78 Å². The van der Waals surface area contributed by atoms with Gasteiger partial charge in [0.15, 0.2) is 11.6 Å². The third kappa shape index (κ3) is 3.49. The lowest BCUT2D eigenvalue weighted by atomic mass is 10.0. The maximum Gasteiger partial charge on any atom is 0.387 e. The molecule has 0 bridgehead atoms. The van der Waals surface area contributed by atoms with Gasteiger partial charge in [0.25, 0.3) is 0 Å². The number of rotatable bonds is 7. The van der Waals surface area contributed by atoms with E-state index in [0.717, 1.165) is 31.7 Å². The van der Waals surface area contributed by atoms with Crippen LogP contribution in [-0.2, 0) is 0 Å². The Morgan fingerprint density at radius 2 is 2.10 bits per heavy atom. The van der Waals surface area contributed by atoms with Crippen LogP contribution >= 0.6 is 0 Å². The molecular weight excluding hydrogens is 269 g/mol. The summed E-state index contributed by atoms with van der Waals surface area (Å²) in [6, 6.07) is 2.19. The van der Waals surface area contributed by atoms with Gasteiger partial charge in [-0.1, -0.05) is 13.3 Å². The number of nitrogen functional groups attached to an aromatic ring is 1. The summed E-state index contributed by atoms with van der Waals surface area (Å²) in [7, 11) is 0. The molecule has 1 saturated carbocycles. The van der Waals surface area contributed by atoms with Crippen LogP contribution in [0.1, 0.15) is 32.6 Å². The number of ether oxygens (including phenoxy) is 1. The Balaban J connectivity index is 2.07. The molecule has 0 heterocycles. The third-order valence-corrected chi connectivity index (χ3v) is 3.71. The Labute approximate surface area is 116 Å². The molecule has 1 aromatic carbocycles. The summed E-state index contributed by atoms with van der Waals surface area (Å²) in [5.41, 5.74) is 6.60. The summed E-state index contributed by atoms with van der Waals surface area (Å²) >= 11 is 0. The molecule has 20 heavy (non-hydrogen) atoms. The largest absolute Gasteiger partial charge is 0.432 e. The highest BCUT2D eigenvalue weighted by molar-refractivity contribution is 5.68. The van der Waals surface area contributed by atoms with E-state index < -0.39 is 18.2 Å². The fourth-order valence-electron chi connectivity index (χ4n) is 2.41. The lowest BCUT2D eigenvalue weighted by molar-refractivity contribution is -0.0521. The number of hydrogen-bond donors (Lipinski definition) is 2. The maximum atomic E-state index is 13.4. The van der Waals surface area contributed by atoms with Gasteiger partial charge in [-0.15, -0.1) is 0 Å². The molecule has 0 unspecified atom stereocenters. The van der Waals surface area contributed by atoms with Gasteiger partial charge in [0.2, 0.25) is 0 Å². The van der Waals surface area contributed by atoms with Crippen molar-refractivity contribution in [2.45, 2.75) is 39.2 Å². The predicted molar refractivity (Wildman–Crippen MR) is 72.5 cm³/mol. The molecule has 0 atom stereocenters. The van der Waals surface area contributed by atoms with E-state index in [4.69, 9.17) is 5.73 Å². The number of anilines is 2. The standard InChI is InChI=1S/C14H19F3N2O/c1-2-3-14(4-5-14)8-19-11-7-12(20-13(16)17)9(15)6-10(11)18/h6-7,13,19H,2-5,8,18H2,1H3. The molecule has 0 aromatic heterocycles. The Bertz CT molecular complexity index is 476. The first kappa shape index (κ1) is 14.8. The van der Waals surface area contributed by atoms with Crippen molar-refractivity contribution in [2.75, 3.05) is 17.6 Å². The molecule has 1 aromatic rings. The summed E-state index contributed by atoms with van der Waals surface area (Å²) < 4.78 is 41.9. The van der Waals surface area contributed by atoms with Crippen LogP contribution in [0.25, 0.3) is 0 Å². The second-order valence-electron chi connectivity index (χ2n) is 5.35. The molecule has 3 nitrogen and oxygen atoms in total. The van der Waals surface area contributed by atoms with Gasteiger partial charge < -0.3 is 15.8 Å². The summed E-state index contributed by atoms with van der Waals surface area (Å²) in [5.74, 6) is -1.37. The van der Waals surface area contributed by atoms with E-state index in [9.17, 15) is 13.2 Å². The highest BCUT2D eigenvalue weighted by atomic mass is 19.3. The van der Waals surface area contributed by atoms with Crippen LogP contribution in [0, 0.1) is 11.2 Å². The fourth-order valence-corrected chi connectivity index (χ4v) is 2.41. The summed E-state index contributed by atoms with van der Waals surface area (Å²) in [5, 5.41) is 3.12. The quantitative estimate of drug-likeness (QED) is 0.745. The molecule has 2 rings (SSSR count). The molecule has 1 aliphatic rings. The van der Waals surface area contributed by atoms with Crippen molar-refractivity contribution >= 4 is 11.4 Å². The zero-order chi connectivity index (χ0) is 14.8. The second kappa shape index (κ2) is 5.81. The number of halogens is 3. The van der Waals surface area contributed by atoms with Crippen LogP contribution in [0.4, 0.5) is 24.5 Å². The van der Waals surface area contributed by atoms with Gasteiger partial charge in [0.05, 0.1) is 11.4 Å². The second-order valence-corrected chi connectivity index (χ2v) is 5.35. The zero-order valence-corrected chi connectivity index (χ0v) is 11.4. The summed E-state index contributed by atoms with van der Waals surface area (Å²) in [4.78, 5) is 0. The predicted octanol–water partition coefficient (Wildman–Crippen LogP) is 4.00. The monoisotopic (exact) mass is 288 g/mol. The van der Waals surface area contributed by atoms with Gasteiger partial charge in [0.1, 0.15) is 0 Å². The van der Waals surface area contributed by atoms with Crippen LogP contribution in [0.3, 0.4) is 0 Å². The van der Waals surface area contributed by atoms with Crippen molar-refractivity contribution in [2.24, 2.45) is 5.41 Å². The van der Waals surface area contributed by atoms with E-state index in [-0.39, 0.29) is 11.1 Å². The van der Waals surface area contributed by atoms with Crippen LogP contribution in [-0.4, -0.2) is 13.2 Å². The normalized spacial score (nSPS) is 16.2. The van der Waals surface area contributed by atoms with Crippen molar-refractivity contribution in [1.82, 2.24) is 0 Å². The topological polar surface area (TPSA) is 47.3 Å². The van der Waals surface area contributed by atoms with Gasteiger partial charge >= 0.3 is 6.61 Å². The lowest BCUT2D eigenvalue weighted by Crippen LogP contribution is -2.16. The summed E-state index contributed by atoms with van der Waals surface area (Å²) in [6.07, 6.45) is 4.51. The van der Waals surface area contributed by atoms with E-state index in [1.165, 1.54) is 6.07 Å². The minimum absolute atomic E-state index is 0.191. The Kier molecular flexibility index (Phi) is 4.30. The fraction of sp³-hybridized carbons (Fsp3) is 0.571. The molecular formula is C14H19F3N2O. The van der Waals surface area contributed by atoms with E-state index in [0.29, 0.717) is 12.2 Å². The number of alkyl halides is 2. The average Bonchev–Trinajstić information content (AvgIpc) is 3.11. The molecule has 0 radical (unpaired) electrons. The van der Waals surface area contributed by atoms with Crippen LogP contribution < -0.4 is 15.8 Å². The van der Waals surface area contributed by atoms with Gasteiger partial charge in [0, 0.05) is 18.7 Å². The highest BCUT2D eigenvalue weighted by Crippen LogP contribution is 2.49. The Morgan fingerprint density at radius 1 is 1.40 bits per heavy atom. The first-order valence-corrected chi connectivity index (χ1v) is 6.73. The molecule has 6 heteroatoms. The molecule has 0 aliphatic heterocycles. The first-order chi connectivity index (χ1) is 9.46. The number of nitrogens with one attached hydrogen (secondary N) is 1. The maximum absolute atomic E-state index is 13.4. The van der Waals surface area contributed by atoms with Crippen molar-refractivity contribution in [3.05, 3.63) is 17.9 Å². The molecule has 1 fully saturated rings. The van der Waals surface area contributed by atoms with E-state index >= 15 is 0 Å². The number of nitrogens with two attached hydrogens (primary N) is 1. The number of hydrogen-bond acceptors (Lipinski definition) is 3. The molecule has 3 N–H and O–H groups in total. The van der Waals surface area contributed by atoms with Gasteiger partial charge in [-0.25, -0.2) is 4.39 Å². The minimum Gasteiger partial charge on any atom is -0.432 e. The highest BCUT2D eigenvalue weighted by Gasteiger charge is 2.41. The van der Waals surface area contributed by atoms with Crippen LogP contribution in [0.2, 0.25) is 0 Å². The average molecular weight is 288 g/mol. The van der Waals surface area contributed by atoms with E-state index in [1.54, 1.807) is 0 Å². The molecule has 0 saturated heterocycles. The number of benzene rings is 1.